The third-order valence-electron chi connectivity index (χ3n) is 4.87. The number of rotatable bonds is 7. The molecule has 0 saturated heterocycles. The van der Waals surface area contributed by atoms with Crippen LogP contribution in [0.25, 0.3) is 0 Å². The van der Waals surface area contributed by atoms with Crippen LogP contribution in [-0.2, 0) is 10.9 Å². The third-order valence-corrected chi connectivity index (χ3v) is 8.48. The average Bonchev–Trinajstić information content (AvgIpc) is 2.78. The lowest BCUT2D eigenvalue weighted by atomic mass is 10.0. The van der Waals surface area contributed by atoms with Gasteiger partial charge in [-0.15, -0.1) is 11.8 Å². The minimum absolute atomic E-state index is 0.0387. The molecule has 2 aromatic carbocycles. The predicted octanol–water partition coefficient (Wildman–Crippen LogP) is 9.04. The second-order valence-electron chi connectivity index (χ2n) is 6.98. The standard InChI is InChI=1S/C25H31S2.C2H6/c1-3-11-23(12-4-2)27(24-15-9-6-10-16-24)25-19-17-22(18-20-25)26-21-13-7-5-8-14-21;1-2/h3,6,9-12,15-21H,4-5,7-8,13-14H2,1-2H3;1-2H3/q+1;/b11-3-,23-12+;. The van der Waals surface area contributed by atoms with Gasteiger partial charge in [0.05, 0.1) is 10.9 Å². The normalized spacial score (nSPS) is 16.3. The van der Waals surface area contributed by atoms with Crippen LogP contribution in [0.15, 0.2) is 92.4 Å². The Morgan fingerprint density at radius 1 is 0.931 bits per heavy atom. The van der Waals surface area contributed by atoms with Gasteiger partial charge < -0.3 is 0 Å². The molecule has 0 radical (unpaired) electrons. The van der Waals surface area contributed by atoms with Crippen molar-refractivity contribution in [2.45, 2.75) is 86.2 Å². The van der Waals surface area contributed by atoms with Crippen LogP contribution in [-0.4, -0.2) is 5.25 Å². The Morgan fingerprint density at radius 3 is 2.14 bits per heavy atom. The lowest BCUT2D eigenvalue weighted by Gasteiger charge is -2.20. The molecule has 0 heterocycles. The van der Waals surface area contributed by atoms with E-state index in [9.17, 15) is 0 Å². The molecule has 0 bridgehead atoms. The van der Waals surface area contributed by atoms with Crippen molar-refractivity contribution in [3.63, 3.8) is 0 Å². The summed E-state index contributed by atoms with van der Waals surface area (Å²) in [4.78, 5) is 5.64. The topological polar surface area (TPSA) is 0 Å². The van der Waals surface area contributed by atoms with Gasteiger partial charge in [-0.05, 0) is 74.7 Å². The van der Waals surface area contributed by atoms with E-state index < -0.39 is 0 Å². The van der Waals surface area contributed by atoms with E-state index in [1.165, 1.54) is 51.7 Å². The summed E-state index contributed by atoms with van der Waals surface area (Å²) >= 11 is 2.08. The first-order valence-electron chi connectivity index (χ1n) is 11.2. The second-order valence-corrected chi connectivity index (χ2v) is 10.4. The smallest absolute Gasteiger partial charge is 0.123 e. The van der Waals surface area contributed by atoms with Crippen LogP contribution in [0, 0.1) is 0 Å². The summed E-state index contributed by atoms with van der Waals surface area (Å²) in [5, 5.41) is 0.815. The lowest BCUT2D eigenvalue weighted by Crippen LogP contribution is -2.08. The van der Waals surface area contributed by atoms with E-state index in [1.54, 1.807) is 0 Å². The molecule has 29 heavy (non-hydrogen) atoms. The van der Waals surface area contributed by atoms with Crippen LogP contribution in [0.5, 0.6) is 0 Å². The molecular weight excluding hydrogens is 388 g/mol. The van der Waals surface area contributed by atoms with Gasteiger partial charge in [0.1, 0.15) is 0 Å². The van der Waals surface area contributed by atoms with E-state index in [2.05, 4.69) is 98.4 Å². The van der Waals surface area contributed by atoms with Crippen molar-refractivity contribution in [3.05, 3.63) is 77.7 Å². The summed E-state index contributed by atoms with van der Waals surface area (Å²) in [6.07, 6.45) is 14.9. The van der Waals surface area contributed by atoms with Gasteiger partial charge in [0.25, 0.3) is 0 Å². The maximum atomic E-state index is 2.38. The summed E-state index contributed by atoms with van der Waals surface area (Å²) < 4.78 is 0. The van der Waals surface area contributed by atoms with Gasteiger partial charge in [-0.25, -0.2) is 0 Å². The van der Waals surface area contributed by atoms with E-state index >= 15 is 0 Å². The van der Waals surface area contributed by atoms with E-state index in [0.717, 1.165) is 11.7 Å². The Balaban J connectivity index is 0.00000145. The molecule has 0 amide bonds. The highest BCUT2D eigenvalue weighted by Gasteiger charge is 2.29. The highest BCUT2D eigenvalue weighted by atomic mass is 32.2. The van der Waals surface area contributed by atoms with Gasteiger partial charge in [0.2, 0.25) is 0 Å². The second kappa shape index (κ2) is 13.8. The highest BCUT2D eigenvalue weighted by Crippen LogP contribution is 2.36. The van der Waals surface area contributed by atoms with Gasteiger partial charge in [0.15, 0.2) is 14.7 Å². The number of benzene rings is 2. The van der Waals surface area contributed by atoms with Crippen molar-refractivity contribution in [1.82, 2.24) is 0 Å². The fraction of sp³-hybridized carbons (Fsp3) is 0.407. The largest absolute Gasteiger partial charge is 0.166 e. The molecule has 156 valence electrons. The van der Waals surface area contributed by atoms with Gasteiger partial charge in [-0.2, -0.15) is 0 Å². The summed E-state index contributed by atoms with van der Waals surface area (Å²) in [6, 6.07) is 20.3. The predicted molar refractivity (Wildman–Crippen MR) is 134 cm³/mol. The Morgan fingerprint density at radius 2 is 1.55 bits per heavy atom. The number of hydrogen-bond acceptors (Lipinski definition) is 1. The molecule has 1 atom stereocenters. The van der Waals surface area contributed by atoms with Crippen molar-refractivity contribution in [2.75, 3.05) is 0 Å². The van der Waals surface area contributed by atoms with Crippen LogP contribution >= 0.6 is 11.8 Å². The SMILES string of the molecule is C/C=C\C(=C/CC)[S+](c1ccccc1)c1ccc(SC2CCCCC2)cc1.CC. The van der Waals surface area contributed by atoms with Crippen molar-refractivity contribution in [2.24, 2.45) is 0 Å². The van der Waals surface area contributed by atoms with Gasteiger partial charge in [0, 0.05) is 10.1 Å². The number of hydrogen-bond donors (Lipinski definition) is 0. The quantitative estimate of drug-likeness (QED) is 0.315. The van der Waals surface area contributed by atoms with E-state index in [4.69, 9.17) is 0 Å². The zero-order chi connectivity index (χ0) is 20.9. The maximum absolute atomic E-state index is 2.38. The molecule has 0 nitrogen and oxygen atoms in total. The molecule has 2 aromatic rings. The van der Waals surface area contributed by atoms with Crippen LogP contribution in [0.3, 0.4) is 0 Å². The zero-order valence-electron chi connectivity index (χ0n) is 18.6. The zero-order valence-corrected chi connectivity index (χ0v) is 20.2. The summed E-state index contributed by atoms with van der Waals surface area (Å²) in [6.45, 7) is 8.33. The molecule has 0 aliphatic heterocycles. The van der Waals surface area contributed by atoms with E-state index in [1.807, 2.05) is 13.8 Å². The molecule has 2 heteroatoms. The Labute approximate surface area is 186 Å². The molecule has 1 saturated carbocycles. The van der Waals surface area contributed by atoms with Gasteiger partial charge >= 0.3 is 0 Å². The molecule has 0 N–H and O–H groups in total. The van der Waals surface area contributed by atoms with E-state index in [0.29, 0.717) is 0 Å². The van der Waals surface area contributed by atoms with Crippen LogP contribution < -0.4 is 0 Å². The summed E-state index contributed by atoms with van der Waals surface area (Å²) in [5.41, 5.74) is 0. The minimum atomic E-state index is -0.0387. The first-order valence-corrected chi connectivity index (χ1v) is 13.3. The lowest BCUT2D eigenvalue weighted by molar-refractivity contribution is 0.516. The van der Waals surface area contributed by atoms with Crippen LogP contribution in [0.1, 0.15) is 66.2 Å². The van der Waals surface area contributed by atoms with Crippen molar-refractivity contribution in [1.29, 1.82) is 0 Å². The first-order chi connectivity index (χ1) is 14.3. The van der Waals surface area contributed by atoms with Crippen LogP contribution in [0.4, 0.5) is 0 Å². The van der Waals surface area contributed by atoms with Gasteiger partial charge in [-0.3, -0.25) is 0 Å². The van der Waals surface area contributed by atoms with Crippen LogP contribution in [0.2, 0.25) is 0 Å². The van der Waals surface area contributed by atoms with Crippen molar-refractivity contribution < 1.29 is 0 Å². The monoisotopic (exact) mass is 425 g/mol. The highest BCUT2D eigenvalue weighted by molar-refractivity contribution is 8.01. The molecule has 0 aromatic heterocycles. The molecule has 0 spiro atoms. The van der Waals surface area contributed by atoms with E-state index in [-0.39, 0.29) is 10.9 Å². The third kappa shape index (κ3) is 7.42. The minimum Gasteiger partial charge on any atom is -0.123 e. The molecule has 1 aliphatic carbocycles. The fourth-order valence-electron chi connectivity index (χ4n) is 3.58. The molecule has 1 fully saturated rings. The molecule has 3 rings (SSSR count). The molecular formula is C27H37S2+. The molecule has 1 aliphatic rings. The Kier molecular flexibility index (Phi) is 11.3. The number of thioether (sulfide) groups is 1. The maximum Gasteiger partial charge on any atom is 0.166 e. The van der Waals surface area contributed by atoms with Crippen molar-refractivity contribution in [3.8, 4) is 0 Å². The Bertz CT molecular complexity index is 738. The Hall–Kier alpha value is -1.38. The first kappa shape index (κ1) is 23.9. The van der Waals surface area contributed by atoms with Gasteiger partial charge in [-0.1, -0.05) is 64.3 Å². The summed E-state index contributed by atoms with van der Waals surface area (Å²) in [7, 11) is -0.0387. The molecule has 1 unspecified atom stereocenters. The summed E-state index contributed by atoms with van der Waals surface area (Å²) in [5.74, 6) is 0. The fourth-order valence-corrected chi connectivity index (χ4v) is 7.09. The van der Waals surface area contributed by atoms with Crippen molar-refractivity contribution >= 4 is 22.7 Å². The average molecular weight is 426 g/mol. The number of allylic oxidation sites excluding steroid dienone is 3.